The summed E-state index contributed by atoms with van der Waals surface area (Å²) in [5.74, 6) is 0. The quantitative estimate of drug-likeness (QED) is 0.313. The van der Waals surface area contributed by atoms with E-state index in [4.69, 9.17) is 9.47 Å². The van der Waals surface area contributed by atoms with Crippen molar-refractivity contribution in [3.8, 4) is 0 Å². The molecule has 0 spiro atoms. The highest BCUT2D eigenvalue weighted by molar-refractivity contribution is 6.08. The Labute approximate surface area is 206 Å². The van der Waals surface area contributed by atoms with Crippen LogP contribution >= 0.6 is 0 Å². The zero-order valence-corrected chi connectivity index (χ0v) is 22.4. The maximum atomic E-state index is 5.90. The molecule has 1 unspecified atom stereocenters. The molecule has 4 rings (SSSR count). The molecule has 2 aromatic carbocycles. The Bertz CT molecular complexity index is 1020. The second-order valence-electron chi connectivity index (χ2n) is 12.2. The molecule has 0 radical (unpaired) electrons. The number of aryl methyl sites for hydroxylation is 1. The maximum absolute atomic E-state index is 5.90. The number of fused-ring (bicyclic) bond motifs is 3. The van der Waals surface area contributed by atoms with E-state index in [-0.39, 0.29) is 17.1 Å². The van der Waals surface area contributed by atoms with E-state index in [0.29, 0.717) is 0 Å². The van der Waals surface area contributed by atoms with Crippen LogP contribution in [0, 0.1) is 0 Å². The first-order chi connectivity index (χ1) is 16.1. The van der Waals surface area contributed by atoms with Crippen LogP contribution in [0.25, 0.3) is 21.8 Å². The van der Waals surface area contributed by atoms with E-state index >= 15 is 0 Å². The Balaban J connectivity index is 1.47. The lowest BCUT2D eigenvalue weighted by Gasteiger charge is -2.22. The monoisotopic (exact) mass is 463 g/mol. The van der Waals surface area contributed by atoms with Crippen LogP contribution in [-0.4, -0.2) is 24.1 Å². The van der Waals surface area contributed by atoms with Crippen LogP contribution in [0.1, 0.15) is 97.6 Å². The summed E-state index contributed by atoms with van der Waals surface area (Å²) in [7, 11) is 0. The van der Waals surface area contributed by atoms with Crippen molar-refractivity contribution in [3.63, 3.8) is 0 Å². The average Bonchev–Trinajstić information content (AvgIpc) is 3.10. The Morgan fingerprint density at radius 2 is 1.38 bits per heavy atom. The topological polar surface area (TPSA) is 23.4 Å². The van der Waals surface area contributed by atoms with Crippen LogP contribution < -0.4 is 0 Å². The van der Waals surface area contributed by atoms with Gasteiger partial charge in [0.25, 0.3) is 0 Å². The molecule has 1 atom stereocenters. The summed E-state index contributed by atoms with van der Waals surface area (Å²) >= 11 is 0. The number of benzene rings is 2. The van der Waals surface area contributed by atoms with Crippen LogP contribution in [0.15, 0.2) is 36.4 Å². The van der Waals surface area contributed by atoms with Crippen molar-refractivity contribution in [2.45, 2.75) is 110 Å². The van der Waals surface area contributed by atoms with Crippen molar-refractivity contribution in [3.05, 3.63) is 47.5 Å². The van der Waals surface area contributed by atoms with Gasteiger partial charge in [-0.05, 0) is 78.3 Å². The summed E-state index contributed by atoms with van der Waals surface area (Å²) in [6.45, 7) is 16.6. The number of hydrogen-bond donors (Lipinski definition) is 0. The minimum Gasteiger partial charge on any atom is -0.353 e. The maximum Gasteiger partial charge on any atom is 0.157 e. The van der Waals surface area contributed by atoms with Crippen molar-refractivity contribution in [1.29, 1.82) is 0 Å². The zero-order chi connectivity index (χ0) is 24.3. The highest BCUT2D eigenvalue weighted by Gasteiger charge is 2.20. The third kappa shape index (κ3) is 5.86. The predicted octanol–water partition coefficient (Wildman–Crippen LogP) is 8.49. The lowest BCUT2D eigenvalue weighted by atomic mass is 9.85. The van der Waals surface area contributed by atoms with Gasteiger partial charge in [0, 0.05) is 41.6 Å². The summed E-state index contributed by atoms with van der Waals surface area (Å²) in [4.78, 5) is 0. The van der Waals surface area contributed by atoms with Crippen molar-refractivity contribution >= 4 is 21.8 Å². The molecule has 0 bridgehead atoms. The van der Waals surface area contributed by atoms with Crippen LogP contribution in [0.3, 0.4) is 0 Å². The third-order valence-electron chi connectivity index (χ3n) is 7.31. The van der Waals surface area contributed by atoms with E-state index in [2.05, 4.69) is 82.5 Å². The van der Waals surface area contributed by atoms with Gasteiger partial charge in [0.1, 0.15) is 0 Å². The van der Waals surface area contributed by atoms with Gasteiger partial charge in [-0.1, -0.05) is 66.5 Å². The molecule has 1 aliphatic heterocycles. The largest absolute Gasteiger partial charge is 0.353 e. The fourth-order valence-corrected chi connectivity index (χ4v) is 5.06. The molecule has 1 fully saturated rings. The molecule has 3 aromatic rings. The van der Waals surface area contributed by atoms with Gasteiger partial charge >= 0.3 is 0 Å². The molecule has 2 heterocycles. The van der Waals surface area contributed by atoms with E-state index in [9.17, 15) is 0 Å². The standard InChI is InChI=1S/C31H45NO2/c1-30(2,3)23-14-16-27-25(21-23)26-22-24(31(4,5)6)15-17-28(26)32(27)18-10-7-8-11-19-33-29-13-9-12-20-34-29/h14-17,21-22,29H,7-13,18-20H2,1-6H3. The van der Waals surface area contributed by atoms with E-state index in [1.807, 2.05) is 0 Å². The van der Waals surface area contributed by atoms with Gasteiger partial charge in [0.05, 0.1) is 0 Å². The fourth-order valence-electron chi connectivity index (χ4n) is 5.06. The van der Waals surface area contributed by atoms with E-state index in [1.165, 1.54) is 65.0 Å². The van der Waals surface area contributed by atoms with Crippen LogP contribution in [-0.2, 0) is 26.8 Å². The van der Waals surface area contributed by atoms with Gasteiger partial charge in [0.2, 0.25) is 0 Å². The van der Waals surface area contributed by atoms with Crippen molar-refractivity contribution in [2.75, 3.05) is 13.2 Å². The lowest BCUT2D eigenvalue weighted by Crippen LogP contribution is -2.22. The Kier molecular flexibility index (Phi) is 7.74. The van der Waals surface area contributed by atoms with Gasteiger partial charge < -0.3 is 14.0 Å². The highest BCUT2D eigenvalue weighted by Crippen LogP contribution is 2.36. The van der Waals surface area contributed by atoms with Crippen molar-refractivity contribution in [1.82, 2.24) is 4.57 Å². The molecular formula is C31H45NO2. The summed E-state index contributed by atoms with van der Waals surface area (Å²) in [5.41, 5.74) is 5.84. The molecule has 1 aliphatic rings. The molecule has 1 saturated heterocycles. The molecule has 34 heavy (non-hydrogen) atoms. The molecule has 3 nitrogen and oxygen atoms in total. The lowest BCUT2D eigenvalue weighted by molar-refractivity contribution is -0.162. The number of hydrogen-bond acceptors (Lipinski definition) is 2. The predicted molar refractivity (Wildman–Crippen MR) is 145 cm³/mol. The van der Waals surface area contributed by atoms with Crippen molar-refractivity contribution in [2.24, 2.45) is 0 Å². The minimum absolute atomic E-state index is 0.0438. The third-order valence-corrected chi connectivity index (χ3v) is 7.31. The first-order valence-electron chi connectivity index (χ1n) is 13.4. The number of rotatable bonds is 8. The summed E-state index contributed by atoms with van der Waals surface area (Å²) in [6, 6.07) is 14.2. The first kappa shape index (κ1) is 25.3. The highest BCUT2D eigenvalue weighted by atomic mass is 16.7. The molecule has 0 aliphatic carbocycles. The molecule has 3 heteroatoms. The van der Waals surface area contributed by atoms with E-state index < -0.39 is 0 Å². The van der Waals surface area contributed by atoms with Crippen molar-refractivity contribution < 1.29 is 9.47 Å². The van der Waals surface area contributed by atoms with Crippen LogP contribution in [0.4, 0.5) is 0 Å². The second kappa shape index (κ2) is 10.4. The molecule has 1 aromatic heterocycles. The molecule has 0 N–H and O–H groups in total. The number of nitrogens with zero attached hydrogens (tertiary/aromatic N) is 1. The fraction of sp³-hybridized carbons (Fsp3) is 0.613. The van der Waals surface area contributed by atoms with Crippen LogP contribution in [0.5, 0.6) is 0 Å². The first-order valence-corrected chi connectivity index (χ1v) is 13.4. The second-order valence-corrected chi connectivity index (χ2v) is 12.2. The van der Waals surface area contributed by atoms with Crippen LogP contribution in [0.2, 0.25) is 0 Å². The van der Waals surface area contributed by atoms with E-state index in [1.54, 1.807) is 0 Å². The number of unbranched alkanes of at least 4 members (excludes halogenated alkanes) is 3. The summed E-state index contributed by atoms with van der Waals surface area (Å²) in [6.07, 6.45) is 8.28. The Hall–Kier alpha value is -1.84. The zero-order valence-electron chi connectivity index (χ0n) is 22.4. The normalized spacial score (nSPS) is 17.6. The molecule has 186 valence electrons. The molecular weight excluding hydrogens is 418 g/mol. The van der Waals surface area contributed by atoms with E-state index in [0.717, 1.165) is 32.6 Å². The van der Waals surface area contributed by atoms with Gasteiger partial charge in [-0.25, -0.2) is 0 Å². The summed E-state index contributed by atoms with van der Waals surface area (Å²) in [5, 5.41) is 2.80. The Morgan fingerprint density at radius 1 is 0.794 bits per heavy atom. The average molecular weight is 464 g/mol. The van der Waals surface area contributed by atoms with Gasteiger partial charge in [-0.3, -0.25) is 0 Å². The Morgan fingerprint density at radius 3 is 1.91 bits per heavy atom. The molecule has 0 amide bonds. The smallest absolute Gasteiger partial charge is 0.157 e. The number of aromatic nitrogens is 1. The van der Waals surface area contributed by atoms with Gasteiger partial charge in [0.15, 0.2) is 6.29 Å². The molecule has 0 saturated carbocycles. The number of ether oxygens (including phenoxy) is 2. The minimum atomic E-state index is 0.0438. The SMILES string of the molecule is CC(C)(C)c1ccc2c(c1)c1cc(C(C)(C)C)ccc1n2CCCCCCOC1CCCCO1. The van der Waals surface area contributed by atoms with Gasteiger partial charge in [-0.15, -0.1) is 0 Å². The van der Waals surface area contributed by atoms with Gasteiger partial charge in [-0.2, -0.15) is 0 Å². The summed E-state index contributed by atoms with van der Waals surface area (Å²) < 4.78 is 14.1.